The van der Waals surface area contributed by atoms with Crippen molar-refractivity contribution in [2.75, 3.05) is 0 Å². The Bertz CT molecular complexity index is 716. The van der Waals surface area contributed by atoms with Crippen molar-refractivity contribution in [3.8, 4) is 0 Å². The maximum atomic E-state index is 13.7. The van der Waals surface area contributed by atoms with Crippen LogP contribution < -0.4 is 0 Å². The molecule has 0 saturated heterocycles. The SMILES string of the molecule is Cc1c(C(=O)O)c(C(=O)c2ccccc2F)c(C)n1C. The Balaban J connectivity index is 2.71. The predicted octanol–water partition coefficient (Wildman–Crippen LogP) is 2.71. The Kier molecular flexibility index (Phi) is 3.44. The van der Waals surface area contributed by atoms with Crippen LogP contribution in [0.4, 0.5) is 4.39 Å². The van der Waals surface area contributed by atoms with Crippen molar-refractivity contribution in [1.29, 1.82) is 0 Å². The number of carboxylic acid groups (broad SMARTS) is 1. The lowest BCUT2D eigenvalue weighted by Crippen LogP contribution is -2.11. The molecule has 20 heavy (non-hydrogen) atoms. The van der Waals surface area contributed by atoms with Crippen molar-refractivity contribution in [3.63, 3.8) is 0 Å². The van der Waals surface area contributed by atoms with Gasteiger partial charge in [-0.1, -0.05) is 12.1 Å². The minimum Gasteiger partial charge on any atom is -0.478 e. The minimum atomic E-state index is -1.19. The van der Waals surface area contributed by atoms with Gasteiger partial charge < -0.3 is 9.67 Å². The second-order valence-electron chi connectivity index (χ2n) is 4.59. The van der Waals surface area contributed by atoms with E-state index in [1.54, 1.807) is 31.5 Å². The van der Waals surface area contributed by atoms with E-state index in [1.165, 1.54) is 18.2 Å². The van der Waals surface area contributed by atoms with Gasteiger partial charge in [-0.2, -0.15) is 0 Å². The maximum absolute atomic E-state index is 13.7. The molecule has 0 amide bonds. The number of hydrogen-bond acceptors (Lipinski definition) is 2. The molecule has 0 spiro atoms. The number of aromatic carboxylic acids is 1. The maximum Gasteiger partial charge on any atom is 0.338 e. The van der Waals surface area contributed by atoms with E-state index >= 15 is 0 Å². The van der Waals surface area contributed by atoms with Gasteiger partial charge in [-0.05, 0) is 26.0 Å². The summed E-state index contributed by atoms with van der Waals surface area (Å²) in [5.41, 5.74) is 0.826. The smallest absolute Gasteiger partial charge is 0.338 e. The quantitative estimate of drug-likeness (QED) is 0.876. The molecule has 0 radical (unpaired) electrons. The lowest BCUT2D eigenvalue weighted by molar-refractivity contribution is 0.0692. The molecule has 2 aromatic rings. The first-order chi connectivity index (χ1) is 9.36. The average Bonchev–Trinajstić information content (AvgIpc) is 2.63. The number of rotatable bonds is 3. The van der Waals surface area contributed by atoms with E-state index in [9.17, 15) is 19.1 Å². The molecule has 0 atom stereocenters. The zero-order valence-corrected chi connectivity index (χ0v) is 11.4. The van der Waals surface area contributed by atoms with Gasteiger partial charge in [0.1, 0.15) is 5.82 Å². The molecule has 1 aromatic heterocycles. The highest BCUT2D eigenvalue weighted by molar-refractivity contribution is 6.15. The Hall–Kier alpha value is -2.43. The second-order valence-corrected chi connectivity index (χ2v) is 4.59. The van der Waals surface area contributed by atoms with E-state index in [-0.39, 0.29) is 16.7 Å². The number of carbonyl (C=O) groups excluding carboxylic acids is 1. The van der Waals surface area contributed by atoms with Gasteiger partial charge in [0.2, 0.25) is 0 Å². The highest BCUT2D eigenvalue weighted by Gasteiger charge is 2.27. The fourth-order valence-corrected chi connectivity index (χ4v) is 2.27. The van der Waals surface area contributed by atoms with Crippen LogP contribution >= 0.6 is 0 Å². The van der Waals surface area contributed by atoms with Crippen molar-refractivity contribution in [2.24, 2.45) is 7.05 Å². The van der Waals surface area contributed by atoms with E-state index in [4.69, 9.17) is 0 Å². The van der Waals surface area contributed by atoms with Crippen molar-refractivity contribution >= 4 is 11.8 Å². The van der Waals surface area contributed by atoms with Crippen LogP contribution in [0.1, 0.15) is 37.7 Å². The highest BCUT2D eigenvalue weighted by Crippen LogP contribution is 2.25. The molecule has 0 aliphatic carbocycles. The van der Waals surface area contributed by atoms with Gasteiger partial charge in [0.05, 0.1) is 16.7 Å². The summed E-state index contributed by atoms with van der Waals surface area (Å²) >= 11 is 0. The summed E-state index contributed by atoms with van der Waals surface area (Å²) in [4.78, 5) is 23.8. The number of carboxylic acids is 1. The monoisotopic (exact) mass is 275 g/mol. The number of halogens is 1. The number of carbonyl (C=O) groups is 2. The van der Waals surface area contributed by atoms with Crippen LogP contribution in [0.3, 0.4) is 0 Å². The molecule has 1 heterocycles. The highest BCUT2D eigenvalue weighted by atomic mass is 19.1. The molecule has 1 N–H and O–H groups in total. The molecule has 4 nitrogen and oxygen atoms in total. The summed E-state index contributed by atoms with van der Waals surface area (Å²) in [6.07, 6.45) is 0. The predicted molar refractivity (Wildman–Crippen MR) is 71.7 cm³/mol. The van der Waals surface area contributed by atoms with Crippen LogP contribution in [0, 0.1) is 19.7 Å². The van der Waals surface area contributed by atoms with Gasteiger partial charge in [0.25, 0.3) is 0 Å². The number of benzene rings is 1. The van der Waals surface area contributed by atoms with Crippen LogP contribution in [-0.4, -0.2) is 21.4 Å². The standard InChI is InChI=1S/C15H14FNO3/c1-8-12(13(15(19)20)9(2)17(8)3)14(18)10-6-4-5-7-11(10)16/h4-7H,1-3H3,(H,19,20). The number of aromatic nitrogens is 1. The summed E-state index contributed by atoms with van der Waals surface area (Å²) < 4.78 is 15.3. The van der Waals surface area contributed by atoms with Gasteiger partial charge in [-0.15, -0.1) is 0 Å². The second kappa shape index (κ2) is 4.92. The normalized spacial score (nSPS) is 10.6. The van der Waals surface area contributed by atoms with E-state index in [1.807, 2.05) is 0 Å². The lowest BCUT2D eigenvalue weighted by Gasteiger charge is -2.04. The lowest BCUT2D eigenvalue weighted by atomic mass is 9.98. The van der Waals surface area contributed by atoms with Crippen molar-refractivity contribution in [3.05, 3.63) is 58.2 Å². The first kappa shape index (κ1) is 14.0. The fraction of sp³-hybridized carbons (Fsp3) is 0.200. The van der Waals surface area contributed by atoms with Crippen molar-refractivity contribution in [2.45, 2.75) is 13.8 Å². The van der Waals surface area contributed by atoms with Gasteiger partial charge in [-0.3, -0.25) is 4.79 Å². The van der Waals surface area contributed by atoms with Crippen LogP contribution in [0.15, 0.2) is 24.3 Å². The molecular weight excluding hydrogens is 261 g/mol. The van der Waals surface area contributed by atoms with Gasteiger partial charge in [0.15, 0.2) is 5.78 Å². The Morgan fingerprint density at radius 2 is 1.65 bits per heavy atom. The van der Waals surface area contributed by atoms with Crippen LogP contribution in [-0.2, 0) is 7.05 Å². The van der Waals surface area contributed by atoms with E-state index in [0.29, 0.717) is 11.4 Å². The Morgan fingerprint density at radius 1 is 1.10 bits per heavy atom. The summed E-state index contributed by atoms with van der Waals surface area (Å²) in [7, 11) is 1.68. The van der Waals surface area contributed by atoms with Crippen molar-refractivity contribution in [1.82, 2.24) is 4.57 Å². The topological polar surface area (TPSA) is 59.3 Å². The van der Waals surface area contributed by atoms with Gasteiger partial charge in [-0.25, -0.2) is 9.18 Å². The molecule has 0 unspecified atom stereocenters. The Labute approximate surface area is 115 Å². The molecule has 0 fully saturated rings. The summed E-state index contributed by atoms with van der Waals surface area (Å²) in [6.45, 7) is 3.27. The molecule has 5 heteroatoms. The number of hydrogen-bond donors (Lipinski definition) is 1. The summed E-state index contributed by atoms with van der Waals surface area (Å²) in [5.74, 6) is -2.46. The average molecular weight is 275 g/mol. The van der Waals surface area contributed by atoms with Crippen molar-refractivity contribution < 1.29 is 19.1 Å². The first-order valence-corrected chi connectivity index (χ1v) is 6.04. The number of nitrogens with zero attached hydrogens (tertiary/aromatic N) is 1. The first-order valence-electron chi connectivity index (χ1n) is 6.04. The van der Waals surface area contributed by atoms with E-state index in [2.05, 4.69) is 0 Å². The zero-order valence-electron chi connectivity index (χ0n) is 11.4. The van der Waals surface area contributed by atoms with Crippen LogP contribution in [0.2, 0.25) is 0 Å². The molecule has 0 aliphatic rings. The third-order valence-corrected chi connectivity index (χ3v) is 3.54. The molecular formula is C15H14FNO3. The third kappa shape index (κ3) is 2.01. The third-order valence-electron chi connectivity index (χ3n) is 3.54. The molecule has 0 bridgehead atoms. The zero-order chi connectivity index (χ0) is 15.0. The summed E-state index contributed by atoms with van der Waals surface area (Å²) in [5, 5.41) is 9.29. The van der Waals surface area contributed by atoms with E-state index < -0.39 is 17.6 Å². The molecule has 104 valence electrons. The molecule has 0 aliphatic heterocycles. The van der Waals surface area contributed by atoms with Crippen LogP contribution in [0.5, 0.6) is 0 Å². The van der Waals surface area contributed by atoms with Crippen LogP contribution in [0.25, 0.3) is 0 Å². The largest absolute Gasteiger partial charge is 0.478 e. The minimum absolute atomic E-state index is 0.0441. The fourth-order valence-electron chi connectivity index (χ4n) is 2.27. The molecule has 0 saturated carbocycles. The Morgan fingerprint density at radius 3 is 2.20 bits per heavy atom. The van der Waals surface area contributed by atoms with E-state index in [0.717, 1.165) is 0 Å². The van der Waals surface area contributed by atoms with Gasteiger partial charge in [0, 0.05) is 18.4 Å². The molecule has 2 rings (SSSR count). The van der Waals surface area contributed by atoms with Gasteiger partial charge >= 0.3 is 5.97 Å². The molecule has 1 aromatic carbocycles. The number of ketones is 1. The summed E-state index contributed by atoms with van der Waals surface area (Å²) in [6, 6.07) is 5.55.